The fraction of sp³-hybridized carbons (Fsp3) is 0.556. The molecule has 6 nitrogen and oxygen atoms in total. The Morgan fingerprint density at radius 2 is 2.08 bits per heavy atom. The summed E-state index contributed by atoms with van der Waals surface area (Å²) in [5.41, 5.74) is 1.25. The van der Waals surface area contributed by atoms with Crippen LogP contribution in [0.15, 0.2) is 29.3 Å². The number of hydrogen-bond acceptors (Lipinski definition) is 3. The summed E-state index contributed by atoms with van der Waals surface area (Å²) in [4.78, 5) is 18.4. The van der Waals surface area contributed by atoms with Crippen LogP contribution in [0.5, 0.6) is 5.75 Å². The fourth-order valence-corrected chi connectivity index (χ4v) is 3.13. The van der Waals surface area contributed by atoms with Crippen molar-refractivity contribution < 1.29 is 9.53 Å². The van der Waals surface area contributed by atoms with Crippen molar-refractivity contribution in [1.82, 2.24) is 15.5 Å². The lowest BCUT2D eigenvalue weighted by Gasteiger charge is -2.17. The highest BCUT2D eigenvalue weighted by molar-refractivity contribution is 5.85. The van der Waals surface area contributed by atoms with Crippen molar-refractivity contribution in [3.05, 3.63) is 29.8 Å². The molecule has 130 valence electrons. The van der Waals surface area contributed by atoms with Crippen molar-refractivity contribution >= 4 is 11.9 Å². The van der Waals surface area contributed by atoms with Gasteiger partial charge in [0.2, 0.25) is 5.91 Å². The molecule has 1 aromatic carbocycles. The van der Waals surface area contributed by atoms with Crippen LogP contribution in [0.4, 0.5) is 0 Å². The molecule has 3 rings (SSSR count). The third kappa shape index (κ3) is 4.19. The number of nitrogens with one attached hydrogen (secondary N) is 2. The number of rotatable bonds is 5. The lowest BCUT2D eigenvalue weighted by Crippen LogP contribution is -2.43. The Labute approximate surface area is 143 Å². The molecule has 0 bridgehead atoms. The third-order valence-corrected chi connectivity index (χ3v) is 4.39. The maximum atomic E-state index is 12.1. The van der Waals surface area contributed by atoms with Crippen LogP contribution in [0.3, 0.4) is 0 Å². The standard InChI is InChI=1S/C18H26N4O2/c1-2-19-18(21-13-17(23)22-9-5-6-10-22)20-12-15-11-14-7-3-4-8-16(14)24-15/h3-4,7-8,15H,2,5-6,9-13H2,1H3,(H2,19,20,21). The fourth-order valence-electron chi connectivity index (χ4n) is 3.13. The topological polar surface area (TPSA) is 66.0 Å². The van der Waals surface area contributed by atoms with Gasteiger partial charge in [-0.3, -0.25) is 4.79 Å². The Hall–Kier alpha value is -2.24. The smallest absolute Gasteiger partial charge is 0.244 e. The first-order valence-electron chi connectivity index (χ1n) is 8.81. The molecule has 0 radical (unpaired) electrons. The van der Waals surface area contributed by atoms with Crippen molar-refractivity contribution in [3.8, 4) is 5.75 Å². The molecule has 2 aliphatic rings. The molecule has 0 aromatic heterocycles. The second-order valence-corrected chi connectivity index (χ2v) is 6.22. The zero-order chi connectivity index (χ0) is 16.8. The van der Waals surface area contributed by atoms with Gasteiger partial charge in [-0.2, -0.15) is 0 Å². The summed E-state index contributed by atoms with van der Waals surface area (Å²) in [5, 5.41) is 6.47. The van der Waals surface area contributed by atoms with E-state index in [0.29, 0.717) is 12.5 Å². The van der Waals surface area contributed by atoms with E-state index in [-0.39, 0.29) is 18.6 Å². The number of para-hydroxylation sites is 1. The molecule has 2 aliphatic heterocycles. The monoisotopic (exact) mass is 330 g/mol. The normalized spacial score (nSPS) is 19.8. The summed E-state index contributed by atoms with van der Waals surface area (Å²) in [6.07, 6.45) is 3.20. The Morgan fingerprint density at radius 3 is 2.83 bits per heavy atom. The summed E-state index contributed by atoms with van der Waals surface area (Å²) >= 11 is 0. The molecule has 1 atom stereocenters. The third-order valence-electron chi connectivity index (χ3n) is 4.39. The zero-order valence-electron chi connectivity index (χ0n) is 14.3. The van der Waals surface area contributed by atoms with Crippen molar-refractivity contribution in [2.75, 3.05) is 32.7 Å². The highest BCUT2D eigenvalue weighted by Crippen LogP contribution is 2.27. The zero-order valence-corrected chi connectivity index (χ0v) is 14.3. The lowest BCUT2D eigenvalue weighted by molar-refractivity contribution is -0.128. The molecular formula is C18H26N4O2. The average Bonchev–Trinajstić information content (AvgIpc) is 3.26. The molecule has 0 spiro atoms. The van der Waals surface area contributed by atoms with Crippen LogP contribution in [0.25, 0.3) is 0 Å². The molecule has 0 saturated carbocycles. The molecule has 1 saturated heterocycles. The first-order chi connectivity index (χ1) is 11.8. The molecular weight excluding hydrogens is 304 g/mol. The molecule has 1 amide bonds. The number of aliphatic imine (C=N–C) groups is 1. The van der Waals surface area contributed by atoms with Crippen LogP contribution in [-0.2, 0) is 11.2 Å². The van der Waals surface area contributed by atoms with Crippen molar-refractivity contribution in [3.63, 3.8) is 0 Å². The number of carbonyl (C=O) groups is 1. The highest BCUT2D eigenvalue weighted by Gasteiger charge is 2.22. The van der Waals surface area contributed by atoms with Crippen LogP contribution in [0.1, 0.15) is 25.3 Å². The maximum Gasteiger partial charge on any atom is 0.244 e. The summed E-state index contributed by atoms with van der Waals surface area (Å²) < 4.78 is 5.92. The van der Waals surface area contributed by atoms with Gasteiger partial charge in [0.1, 0.15) is 18.4 Å². The van der Waals surface area contributed by atoms with Crippen molar-refractivity contribution in [2.24, 2.45) is 4.99 Å². The number of amides is 1. The van der Waals surface area contributed by atoms with E-state index < -0.39 is 0 Å². The number of fused-ring (bicyclic) bond motifs is 1. The summed E-state index contributed by atoms with van der Waals surface area (Å²) in [6.45, 7) is 5.37. The molecule has 1 unspecified atom stereocenters. The van der Waals surface area contributed by atoms with Crippen molar-refractivity contribution in [1.29, 1.82) is 0 Å². The van der Waals surface area contributed by atoms with Gasteiger partial charge in [-0.1, -0.05) is 18.2 Å². The number of hydrogen-bond donors (Lipinski definition) is 2. The van der Waals surface area contributed by atoms with E-state index in [0.717, 1.165) is 44.6 Å². The van der Waals surface area contributed by atoms with Crippen LogP contribution in [-0.4, -0.2) is 55.6 Å². The minimum Gasteiger partial charge on any atom is -0.488 e. The van der Waals surface area contributed by atoms with E-state index in [4.69, 9.17) is 4.74 Å². The number of nitrogens with zero attached hydrogens (tertiary/aromatic N) is 2. The van der Waals surface area contributed by atoms with E-state index >= 15 is 0 Å². The Morgan fingerprint density at radius 1 is 1.29 bits per heavy atom. The molecule has 6 heteroatoms. The second-order valence-electron chi connectivity index (χ2n) is 6.22. The van der Waals surface area contributed by atoms with E-state index in [1.165, 1.54) is 5.56 Å². The van der Waals surface area contributed by atoms with Gasteiger partial charge in [-0.05, 0) is 31.4 Å². The van der Waals surface area contributed by atoms with E-state index in [1.807, 2.05) is 30.0 Å². The van der Waals surface area contributed by atoms with Gasteiger partial charge in [0.15, 0.2) is 5.96 Å². The number of guanidine groups is 1. The van der Waals surface area contributed by atoms with Gasteiger partial charge >= 0.3 is 0 Å². The number of likely N-dealkylation sites (tertiary alicyclic amines) is 1. The first kappa shape index (κ1) is 16.6. The minimum absolute atomic E-state index is 0.0977. The minimum atomic E-state index is 0.0977. The lowest BCUT2D eigenvalue weighted by atomic mass is 10.1. The van der Waals surface area contributed by atoms with Gasteiger partial charge < -0.3 is 20.3 Å². The molecule has 2 heterocycles. The van der Waals surface area contributed by atoms with Gasteiger partial charge in [0.25, 0.3) is 0 Å². The van der Waals surface area contributed by atoms with Crippen LogP contribution < -0.4 is 15.4 Å². The quantitative estimate of drug-likeness (QED) is 0.628. The maximum absolute atomic E-state index is 12.1. The number of carbonyl (C=O) groups excluding carboxylic acids is 1. The van der Waals surface area contributed by atoms with Gasteiger partial charge in [-0.15, -0.1) is 0 Å². The highest BCUT2D eigenvalue weighted by atomic mass is 16.5. The molecule has 24 heavy (non-hydrogen) atoms. The van der Waals surface area contributed by atoms with Crippen LogP contribution >= 0.6 is 0 Å². The van der Waals surface area contributed by atoms with Gasteiger partial charge in [0.05, 0.1) is 6.54 Å². The average molecular weight is 330 g/mol. The molecule has 1 fully saturated rings. The van der Waals surface area contributed by atoms with Crippen LogP contribution in [0.2, 0.25) is 0 Å². The molecule has 1 aromatic rings. The number of benzene rings is 1. The second kappa shape index (κ2) is 8.04. The Bertz CT molecular complexity index is 571. The summed E-state index contributed by atoms with van der Waals surface area (Å²) in [7, 11) is 0. The van der Waals surface area contributed by atoms with E-state index in [1.54, 1.807) is 0 Å². The van der Waals surface area contributed by atoms with Crippen molar-refractivity contribution in [2.45, 2.75) is 32.3 Å². The predicted octanol–water partition coefficient (Wildman–Crippen LogP) is 1.17. The van der Waals surface area contributed by atoms with E-state index in [2.05, 4.69) is 21.7 Å². The Kier molecular flexibility index (Phi) is 5.56. The predicted molar refractivity (Wildman–Crippen MR) is 94.4 cm³/mol. The first-order valence-corrected chi connectivity index (χ1v) is 8.81. The van der Waals surface area contributed by atoms with E-state index in [9.17, 15) is 4.79 Å². The SMILES string of the molecule is CCNC(=NCC(=O)N1CCCC1)NCC1Cc2ccccc2O1. The van der Waals surface area contributed by atoms with Gasteiger partial charge in [0, 0.05) is 26.1 Å². The van der Waals surface area contributed by atoms with Crippen LogP contribution in [0, 0.1) is 0 Å². The summed E-state index contributed by atoms with van der Waals surface area (Å²) in [6, 6.07) is 8.13. The number of ether oxygens (including phenoxy) is 1. The summed E-state index contributed by atoms with van der Waals surface area (Å²) in [5.74, 6) is 1.74. The van der Waals surface area contributed by atoms with Gasteiger partial charge in [-0.25, -0.2) is 4.99 Å². The molecule has 2 N–H and O–H groups in total. The molecule has 0 aliphatic carbocycles. The largest absolute Gasteiger partial charge is 0.488 e. The Balaban J connectivity index is 1.49.